The highest BCUT2D eigenvalue weighted by Crippen LogP contribution is 2.29. The zero-order chi connectivity index (χ0) is 17.7. The number of carbonyl (C=O) groups is 1. The van der Waals surface area contributed by atoms with Crippen LogP contribution in [-0.4, -0.2) is 29.7 Å². The number of alkyl halides is 3. The molecule has 0 bridgehead atoms. The van der Waals surface area contributed by atoms with Crippen LogP contribution in [0.15, 0.2) is 41.5 Å². The first kappa shape index (κ1) is 17.8. The van der Waals surface area contributed by atoms with Crippen LogP contribution in [0.3, 0.4) is 0 Å². The van der Waals surface area contributed by atoms with Gasteiger partial charge in [-0.3, -0.25) is 4.79 Å². The van der Waals surface area contributed by atoms with Crippen molar-refractivity contribution >= 4 is 12.1 Å². The third kappa shape index (κ3) is 4.74. The van der Waals surface area contributed by atoms with Gasteiger partial charge in [0.25, 0.3) is 0 Å². The first-order chi connectivity index (χ1) is 11.3. The minimum absolute atomic E-state index is 0.168. The number of halogens is 3. The first-order valence-corrected chi connectivity index (χ1v) is 7.42. The van der Waals surface area contributed by atoms with Gasteiger partial charge in [-0.2, -0.15) is 0 Å². The first-order valence-electron chi connectivity index (χ1n) is 7.42. The summed E-state index contributed by atoms with van der Waals surface area (Å²) in [6.07, 6.45) is -0.0459. The van der Waals surface area contributed by atoms with Crippen molar-refractivity contribution in [3.8, 4) is 5.75 Å². The summed E-state index contributed by atoms with van der Waals surface area (Å²) < 4.78 is 41.0. The molecular formula is C16H18F3N3O2. The van der Waals surface area contributed by atoms with Crippen molar-refractivity contribution in [2.45, 2.75) is 39.0 Å². The number of allylic oxidation sites excluding steroid dienone is 1. The van der Waals surface area contributed by atoms with Crippen LogP contribution in [0.1, 0.15) is 31.9 Å². The lowest BCUT2D eigenvalue weighted by Gasteiger charge is -2.35. The topological polar surface area (TPSA) is 53.9 Å². The number of benzene rings is 1. The molecule has 0 fully saturated rings. The summed E-state index contributed by atoms with van der Waals surface area (Å²) in [4.78, 5) is 17.6. The van der Waals surface area contributed by atoms with Crippen molar-refractivity contribution in [3.05, 3.63) is 42.1 Å². The van der Waals surface area contributed by atoms with Crippen LogP contribution in [0.25, 0.3) is 0 Å². The van der Waals surface area contributed by atoms with Gasteiger partial charge in [0.15, 0.2) is 6.29 Å². The summed E-state index contributed by atoms with van der Waals surface area (Å²) in [6.45, 7) is 3.53. The molecule has 1 aromatic rings. The van der Waals surface area contributed by atoms with Crippen molar-refractivity contribution in [3.63, 3.8) is 0 Å². The quantitative estimate of drug-likeness (QED) is 0.893. The molecule has 1 heterocycles. The fourth-order valence-corrected chi connectivity index (χ4v) is 2.27. The summed E-state index contributed by atoms with van der Waals surface area (Å²) in [5.74, 6) is -0.454. The number of ether oxygens (including phenoxy) is 1. The average molecular weight is 341 g/mol. The standard InChI is InChI=1S/C16H18F3N3O2/c1-3-14(23)21-15-20-8-5-9-22(15)11(2)12-6-4-7-13(10-12)24-16(17,18)19/h4-11,15H,3H2,1-2H3,(H,21,23). The second kappa shape index (κ2) is 7.37. The molecule has 0 saturated heterocycles. The van der Waals surface area contributed by atoms with Gasteiger partial charge in [0, 0.05) is 18.8 Å². The SMILES string of the molecule is CCC(=O)NC1N=CC=CN1C(C)c1cccc(OC(F)(F)F)c1. The zero-order valence-corrected chi connectivity index (χ0v) is 13.2. The largest absolute Gasteiger partial charge is 0.573 e. The lowest BCUT2D eigenvalue weighted by Crippen LogP contribution is -2.46. The summed E-state index contributed by atoms with van der Waals surface area (Å²) >= 11 is 0. The Bertz CT molecular complexity index is 644. The van der Waals surface area contributed by atoms with Crippen molar-refractivity contribution < 1.29 is 22.7 Å². The fourth-order valence-electron chi connectivity index (χ4n) is 2.27. The van der Waals surface area contributed by atoms with E-state index in [1.807, 2.05) is 6.92 Å². The van der Waals surface area contributed by atoms with E-state index >= 15 is 0 Å². The molecule has 1 aliphatic heterocycles. The maximum Gasteiger partial charge on any atom is 0.573 e. The average Bonchev–Trinajstić information content (AvgIpc) is 2.53. The van der Waals surface area contributed by atoms with E-state index in [1.54, 1.807) is 36.4 Å². The molecule has 0 aliphatic carbocycles. The molecule has 1 aromatic carbocycles. The zero-order valence-electron chi connectivity index (χ0n) is 13.2. The molecule has 2 atom stereocenters. The fraction of sp³-hybridized carbons (Fsp3) is 0.375. The third-order valence-electron chi connectivity index (χ3n) is 3.49. The molecule has 5 nitrogen and oxygen atoms in total. The van der Waals surface area contributed by atoms with Crippen molar-refractivity contribution in [2.75, 3.05) is 0 Å². The normalized spacial score (nSPS) is 18.4. The predicted octanol–water partition coefficient (Wildman–Crippen LogP) is 3.36. The summed E-state index contributed by atoms with van der Waals surface area (Å²) in [5, 5.41) is 2.75. The Balaban J connectivity index is 2.18. The van der Waals surface area contributed by atoms with E-state index in [0.717, 1.165) is 0 Å². The lowest BCUT2D eigenvalue weighted by molar-refractivity contribution is -0.274. The molecule has 0 radical (unpaired) electrons. The molecule has 0 aromatic heterocycles. The highest BCUT2D eigenvalue weighted by molar-refractivity contribution is 5.77. The van der Waals surface area contributed by atoms with Gasteiger partial charge in [-0.1, -0.05) is 19.1 Å². The molecule has 0 saturated carbocycles. The van der Waals surface area contributed by atoms with Crippen LogP contribution in [0.5, 0.6) is 5.75 Å². The highest BCUT2D eigenvalue weighted by atomic mass is 19.4. The van der Waals surface area contributed by atoms with Gasteiger partial charge in [0.1, 0.15) is 5.75 Å². The Labute approximate surface area is 137 Å². The second-order valence-electron chi connectivity index (χ2n) is 5.18. The molecular weight excluding hydrogens is 323 g/mol. The van der Waals surface area contributed by atoms with Crippen LogP contribution >= 0.6 is 0 Å². The van der Waals surface area contributed by atoms with Crippen LogP contribution in [0.2, 0.25) is 0 Å². The highest BCUT2D eigenvalue weighted by Gasteiger charge is 2.31. The lowest BCUT2D eigenvalue weighted by atomic mass is 10.1. The van der Waals surface area contributed by atoms with E-state index < -0.39 is 12.7 Å². The number of hydrogen-bond donors (Lipinski definition) is 1. The number of carbonyl (C=O) groups excluding carboxylic acids is 1. The Morgan fingerprint density at radius 3 is 2.88 bits per heavy atom. The minimum Gasteiger partial charge on any atom is -0.406 e. The van der Waals surface area contributed by atoms with Crippen molar-refractivity contribution in [1.82, 2.24) is 10.2 Å². The Morgan fingerprint density at radius 1 is 1.46 bits per heavy atom. The molecule has 0 spiro atoms. The van der Waals surface area contributed by atoms with E-state index in [-0.39, 0.29) is 17.7 Å². The van der Waals surface area contributed by atoms with Crippen molar-refractivity contribution in [2.24, 2.45) is 4.99 Å². The van der Waals surface area contributed by atoms with Gasteiger partial charge in [-0.25, -0.2) is 4.99 Å². The molecule has 8 heteroatoms. The van der Waals surface area contributed by atoms with E-state index in [9.17, 15) is 18.0 Å². The molecule has 1 amide bonds. The van der Waals surface area contributed by atoms with Gasteiger partial charge < -0.3 is 15.0 Å². The number of nitrogens with zero attached hydrogens (tertiary/aromatic N) is 2. The van der Waals surface area contributed by atoms with Crippen LogP contribution in [0, 0.1) is 0 Å². The van der Waals surface area contributed by atoms with E-state index in [2.05, 4.69) is 15.0 Å². The summed E-state index contributed by atoms with van der Waals surface area (Å²) in [7, 11) is 0. The maximum atomic E-state index is 12.4. The smallest absolute Gasteiger partial charge is 0.406 e. The molecule has 2 rings (SSSR count). The predicted molar refractivity (Wildman–Crippen MR) is 83.2 cm³/mol. The van der Waals surface area contributed by atoms with Gasteiger partial charge in [0.05, 0.1) is 6.04 Å². The molecule has 130 valence electrons. The van der Waals surface area contributed by atoms with Crippen LogP contribution in [0.4, 0.5) is 13.2 Å². The van der Waals surface area contributed by atoms with Crippen LogP contribution < -0.4 is 10.1 Å². The second-order valence-corrected chi connectivity index (χ2v) is 5.18. The number of hydrogen-bond acceptors (Lipinski definition) is 4. The monoisotopic (exact) mass is 341 g/mol. The van der Waals surface area contributed by atoms with Crippen LogP contribution in [-0.2, 0) is 4.79 Å². The molecule has 24 heavy (non-hydrogen) atoms. The minimum atomic E-state index is -4.74. The van der Waals surface area contributed by atoms with E-state index in [1.165, 1.54) is 18.2 Å². The van der Waals surface area contributed by atoms with Gasteiger partial charge in [-0.15, -0.1) is 13.2 Å². The Hall–Kier alpha value is -2.51. The number of nitrogens with one attached hydrogen (secondary N) is 1. The van der Waals surface area contributed by atoms with Gasteiger partial charge in [0.2, 0.25) is 5.91 Å². The number of rotatable bonds is 5. The maximum absolute atomic E-state index is 12.4. The number of amides is 1. The molecule has 1 N–H and O–H groups in total. The van der Waals surface area contributed by atoms with E-state index in [4.69, 9.17) is 0 Å². The summed E-state index contributed by atoms with van der Waals surface area (Å²) in [6, 6.07) is 5.42. The van der Waals surface area contributed by atoms with Gasteiger partial charge >= 0.3 is 6.36 Å². The Morgan fingerprint density at radius 2 is 2.21 bits per heavy atom. The van der Waals surface area contributed by atoms with Gasteiger partial charge in [-0.05, 0) is 30.7 Å². The summed E-state index contributed by atoms with van der Waals surface area (Å²) in [5.41, 5.74) is 0.606. The molecule has 1 aliphatic rings. The van der Waals surface area contributed by atoms with Crippen molar-refractivity contribution in [1.29, 1.82) is 0 Å². The Kier molecular flexibility index (Phi) is 5.48. The third-order valence-corrected chi connectivity index (χ3v) is 3.49. The molecule has 2 unspecified atom stereocenters. The number of aliphatic imine (C=N–C) groups is 1. The van der Waals surface area contributed by atoms with E-state index in [0.29, 0.717) is 12.0 Å².